The van der Waals surface area contributed by atoms with Crippen LogP contribution in [-0.2, 0) is 0 Å². The first-order valence-corrected chi connectivity index (χ1v) is 4.36. The zero-order valence-electron chi connectivity index (χ0n) is 7.55. The number of nitrogens with two attached hydrogens (primary N) is 2. The van der Waals surface area contributed by atoms with E-state index < -0.39 is 0 Å². The third-order valence-corrected chi connectivity index (χ3v) is 2.96. The maximum atomic E-state index is 10.9. The standard InChI is InChI=1S/C8H17N3O/c1-11(7(10)12)8(6-9)4-2-3-5-8/h2-6,9H2,1H3,(H2,10,12). The molecule has 1 saturated carbocycles. The maximum absolute atomic E-state index is 10.9. The van der Waals surface area contributed by atoms with Crippen LogP contribution in [0.4, 0.5) is 4.79 Å². The van der Waals surface area contributed by atoms with Gasteiger partial charge in [0.25, 0.3) is 0 Å². The summed E-state index contributed by atoms with van der Waals surface area (Å²) in [4.78, 5) is 12.5. The minimum atomic E-state index is -0.373. The molecule has 0 radical (unpaired) electrons. The van der Waals surface area contributed by atoms with Gasteiger partial charge in [-0.25, -0.2) is 4.79 Å². The third-order valence-electron chi connectivity index (χ3n) is 2.96. The lowest BCUT2D eigenvalue weighted by molar-refractivity contribution is 0.149. The summed E-state index contributed by atoms with van der Waals surface area (Å²) >= 11 is 0. The molecule has 0 unspecified atom stereocenters. The van der Waals surface area contributed by atoms with E-state index in [4.69, 9.17) is 11.5 Å². The normalized spacial score (nSPS) is 20.8. The van der Waals surface area contributed by atoms with Crippen LogP contribution in [0.5, 0.6) is 0 Å². The van der Waals surface area contributed by atoms with Gasteiger partial charge in [0.05, 0.1) is 5.54 Å². The molecule has 0 aromatic heterocycles. The fraction of sp³-hybridized carbons (Fsp3) is 0.875. The zero-order valence-corrected chi connectivity index (χ0v) is 7.55. The molecule has 1 rings (SSSR count). The van der Waals surface area contributed by atoms with Crippen LogP contribution in [0.1, 0.15) is 25.7 Å². The Morgan fingerprint density at radius 1 is 1.50 bits per heavy atom. The van der Waals surface area contributed by atoms with Crippen molar-refractivity contribution in [2.24, 2.45) is 11.5 Å². The summed E-state index contributed by atoms with van der Waals surface area (Å²) in [5, 5.41) is 0. The number of hydrogen-bond acceptors (Lipinski definition) is 2. The molecule has 0 heterocycles. The van der Waals surface area contributed by atoms with Gasteiger partial charge in [0, 0.05) is 13.6 Å². The molecule has 70 valence electrons. The summed E-state index contributed by atoms with van der Waals surface area (Å²) in [6.07, 6.45) is 4.27. The van der Waals surface area contributed by atoms with Crippen molar-refractivity contribution in [3.05, 3.63) is 0 Å². The average Bonchev–Trinajstić information content (AvgIpc) is 2.52. The molecule has 1 aliphatic rings. The lowest BCUT2D eigenvalue weighted by Crippen LogP contribution is -2.54. The first-order valence-electron chi connectivity index (χ1n) is 4.36. The highest BCUT2D eigenvalue weighted by molar-refractivity contribution is 5.72. The van der Waals surface area contributed by atoms with Crippen LogP contribution in [0.2, 0.25) is 0 Å². The fourth-order valence-electron chi connectivity index (χ4n) is 1.94. The van der Waals surface area contributed by atoms with Gasteiger partial charge in [0.15, 0.2) is 0 Å². The Bertz CT molecular complexity index is 175. The van der Waals surface area contributed by atoms with E-state index in [2.05, 4.69) is 0 Å². The molecule has 0 bridgehead atoms. The molecule has 0 aromatic carbocycles. The molecule has 4 nitrogen and oxygen atoms in total. The second-order valence-corrected chi connectivity index (χ2v) is 3.53. The van der Waals surface area contributed by atoms with Crippen LogP contribution in [-0.4, -0.2) is 30.1 Å². The quantitative estimate of drug-likeness (QED) is 0.626. The Morgan fingerprint density at radius 3 is 2.33 bits per heavy atom. The van der Waals surface area contributed by atoms with Gasteiger partial charge in [-0.05, 0) is 12.8 Å². The zero-order chi connectivity index (χ0) is 9.19. The van der Waals surface area contributed by atoms with Gasteiger partial charge in [-0.1, -0.05) is 12.8 Å². The fourth-order valence-corrected chi connectivity index (χ4v) is 1.94. The molecule has 1 aliphatic carbocycles. The molecule has 0 saturated heterocycles. The van der Waals surface area contributed by atoms with Gasteiger partial charge in [0.1, 0.15) is 0 Å². The van der Waals surface area contributed by atoms with Crippen LogP contribution in [0.15, 0.2) is 0 Å². The Morgan fingerprint density at radius 2 is 2.00 bits per heavy atom. The Balaban J connectivity index is 2.71. The van der Waals surface area contributed by atoms with E-state index in [1.165, 1.54) is 0 Å². The molecule has 0 spiro atoms. The number of rotatable bonds is 2. The minimum Gasteiger partial charge on any atom is -0.351 e. The Kier molecular flexibility index (Phi) is 2.57. The molecule has 12 heavy (non-hydrogen) atoms. The van der Waals surface area contributed by atoms with Crippen molar-refractivity contribution in [1.29, 1.82) is 0 Å². The van der Waals surface area contributed by atoms with Gasteiger partial charge >= 0.3 is 6.03 Å². The Labute approximate surface area is 72.9 Å². The van der Waals surface area contributed by atoms with Crippen molar-refractivity contribution in [2.75, 3.05) is 13.6 Å². The van der Waals surface area contributed by atoms with E-state index in [-0.39, 0.29) is 11.6 Å². The lowest BCUT2D eigenvalue weighted by atomic mass is 9.96. The largest absolute Gasteiger partial charge is 0.351 e. The first-order chi connectivity index (χ1) is 5.62. The second kappa shape index (κ2) is 3.31. The molecule has 0 aromatic rings. The molecular weight excluding hydrogens is 154 g/mol. The number of carbonyl (C=O) groups excluding carboxylic acids is 1. The van der Waals surface area contributed by atoms with Gasteiger partial charge in [-0.3, -0.25) is 0 Å². The van der Waals surface area contributed by atoms with Crippen molar-refractivity contribution in [3.8, 4) is 0 Å². The lowest BCUT2D eigenvalue weighted by Gasteiger charge is -2.36. The first kappa shape index (κ1) is 9.32. The predicted octanol–water partition coefficient (Wildman–Crippen LogP) is 0.268. The van der Waals surface area contributed by atoms with Gasteiger partial charge in [-0.2, -0.15) is 0 Å². The number of hydrogen-bond donors (Lipinski definition) is 2. The summed E-state index contributed by atoms with van der Waals surface area (Å²) in [5.41, 5.74) is 10.7. The van der Waals surface area contributed by atoms with Crippen molar-refractivity contribution >= 4 is 6.03 Å². The van der Waals surface area contributed by atoms with Crippen LogP contribution >= 0.6 is 0 Å². The highest BCUT2D eigenvalue weighted by Gasteiger charge is 2.37. The molecule has 0 atom stereocenters. The van der Waals surface area contributed by atoms with Crippen molar-refractivity contribution in [1.82, 2.24) is 4.90 Å². The van der Waals surface area contributed by atoms with Crippen molar-refractivity contribution < 1.29 is 4.79 Å². The van der Waals surface area contributed by atoms with E-state index in [0.717, 1.165) is 25.7 Å². The van der Waals surface area contributed by atoms with E-state index in [0.29, 0.717) is 6.54 Å². The second-order valence-electron chi connectivity index (χ2n) is 3.53. The van der Waals surface area contributed by atoms with E-state index in [9.17, 15) is 4.79 Å². The molecule has 4 heteroatoms. The van der Waals surface area contributed by atoms with Crippen LogP contribution < -0.4 is 11.5 Å². The summed E-state index contributed by atoms with van der Waals surface area (Å²) in [7, 11) is 1.74. The smallest absolute Gasteiger partial charge is 0.315 e. The maximum Gasteiger partial charge on any atom is 0.315 e. The summed E-state index contributed by atoms with van der Waals surface area (Å²) < 4.78 is 0. The molecule has 1 fully saturated rings. The van der Waals surface area contributed by atoms with Gasteiger partial charge in [-0.15, -0.1) is 0 Å². The molecule has 2 amide bonds. The van der Waals surface area contributed by atoms with Gasteiger partial charge < -0.3 is 16.4 Å². The van der Waals surface area contributed by atoms with Crippen LogP contribution in [0, 0.1) is 0 Å². The summed E-state index contributed by atoms with van der Waals surface area (Å²) in [5.74, 6) is 0. The summed E-state index contributed by atoms with van der Waals surface area (Å²) in [6, 6.07) is -0.373. The molecular formula is C8H17N3O. The van der Waals surface area contributed by atoms with Crippen LogP contribution in [0.25, 0.3) is 0 Å². The number of likely N-dealkylation sites (N-methyl/N-ethyl adjacent to an activating group) is 1. The monoisotopic (exact) mass is 171 g/mol. The van der Waals surface area contributed by atoms with E-state index in [1.54, 1.807) is 11.9 Å². The van der Waals surface area contributed by atoms with Crippen LogP contribution in [0.3, 0.4) is 0 Å². The highest BCUT2D eigenvalue weighted by atomic mass is 16.2. The van der Waals surface area contributed by atoms with Crippen molar-refractivity contribution in [3.63, 3.8) is 0 Å². The van der Waals surface area contributed by atoms with E-state index >= 15 is 0 Å². The van der Waals surface area contributed by atoms with Crippen molar-refractivity contribution in [2.45, 2.75) is 31.2 Å². The Hall–Kier alpha value is -0.770. The SMILES string of the molecule is CN(C(N)=O)C1(CN)CCCC1. The predicted molar refractivity (Wildman–Crippen MR) is 47.6 cm³/mol. The average molecular weight is 171 g/mol. The topological polar surface area (TPSA) is 72.3 Å². The number of nitrogens with zero attached hydrogens (tertiary/aromatic N) is 1. The number of urea groups is 1. The molecule has 0 aliphatic heterocycles. The number of primary amides is 1. The summed E-state index contributed by atoms with van der Waals surface area (Å²) in [6.45, 7) is 0.520. The molecule has 4 N–H and O–H groups in total. The highest BCUT2D eigenvalue weighted by Crippen LogP contribution is 2.33. The number of carbonyl (C=O) groups is 1. The minimum absolute atomic E-state index is 0.147. The third kappa shape index (κ3) is 1.39. The number of amides is 2. The van der Waals surface area contributed by atoms with Gasteiger partial charge in [0.2, 0.25) is 0 Å². The van der Waals surface area contributed by atoms with E-state index in [1.807, 2.05) is 0 Å².